The molecule has 2 rings (SSSR count). The molecule has 0 aromatic heterocycles. The molecular weight excluding hydrogens is 292 g/mol. The van der Waals surface area contributed by atoms with Crippen molar-refractivity contribution in [2.45, 2.75) is 45.6 Å². The largest absolute Gasteiger partial charge is 0.494 e. The maximum absolute atomic E-state index is 12.0. The van der Waals surface area contributed by atoms with Crippen LogP contribution in [-0.2, 0) is 4.79 Å². The number of benzene rings is 1. The summed E-state index contributed by atoms with van der Waals surface area (Å²) < 4.78 is 5.34. The summed E-state index contributed by atoms with van der Waals surface area (Å²) in [7, 11) is 0. The fourth-order valence-electron chi connectivity index (χ4n) is 2.92. The lowest BCUT2D eigenvalue weighted by Gasteiger charge is -2.29. The quantitative estimate of drug-likeness (QED) is 0.847. The summed E-state index contributed by atoms with van der Waals surface area (Å²) in [4.78, 5) is 24.0. The molecule has 1 saturated carbocycles. The first kappa shape index (κ1) is 17.3. The Morgan fingerprint density at radius 2 is 1.87 bits per heavy atom. The number of hydrogen-bond acceptors (Lipinski definition) is 3. The van der Waals surface area contributed by atoms with Crippen LogP contribution in [0.4, 0.5) is 0 Å². The second kappa shape index (κ2) is 8.56. The van der Waals surface area contributed by atoms with Crippen LogP contribution in [0.15, 0.2) is 24.3 Å². The van der Waals surface area contributed by atoms with Crippen LogP contribution in [0.1, 0.15) is 49.9 Å². The van der Waals surface area contributed by atoms with Crippen molar-refractivity contribution in [2.75, 3.05) is 13.2 Å². The van der Waals surface area contributed by atoms with E-state index in [1.165, 1.54) is 6.42 Å². The highest BCUT2D eigenvalue weighted by molar-refractivity contribution is 5.96. The zero-order valence-electron chi connectivity index (χ0n) is 13.9. The van der Waals surface area contributed by atoms with E-state index in [4.69, 9.17) is 4.74 Å². The van der Waals surface area contributed by atoms with E-state index in [-0.39, 0.29) is 24.4 Å². The molecule has 1 aliphatic rings. The van der Waals surface area contributed by atoms with Gasteiger partial charge in [-0.25, -0.2) is 0 Å². The van der Waals surface area contributed by atoms with E-state index in [2.05, 4.69) is 17.6 Å². The SMILES string of the molecule is CCOc1ccc(C(=O)NCC(=O)N[C@@H]2CCCC[C@H]2C)cc1. The van der Waals surface area contributed by atoms with Crippen molar-refractivity contribution in [1.29, 1.82) is 0 Å². The van der Waals surface area contributed by atoms with Crippen molar-refractivity contribution < 1.29 is 14.3 Å². The lowest BCUT2D eigenvalue weighted by Crippen LogP contribution is -2.45. The highest BCUT2D eigenvalue weighted by Gasteiger charge is 2.22. The van der Waals surface area contributed by atoms with Crippen molar-refractivity contribution in [3.05, 3.63) is 29.8 Å². The number of carbonyl (C=O) groups excluding carboxylic acids is 2. The zero-order valence-corrected chi connectivity index (χ0v) is 13.9. The molecule has 1 aromatic rings. The van der Waals surface area contributed by atoms with Gasteiger partial charge < -0.3 is 15.4 Å². The normalized spacial score (nSPS) is 20.6. The van der Waals surface area contributed by atoms with Gasteiger partial charge in [0, 0.05) is 11.6 Å². The predicted molar refractivity (Wildman–Crippen MR) is 89.5 cm³/mol. The van der Waals surface area contributed by atoms with E-state index in [0.717, 1.165) is 25.0 Å². The molecule has 2 N–H and O–H groups in total. The standard InChI is InChI=1S/C18H26N2O3/c1-3-23-15-10-8-14(9-11-15)18(22)19-12-17(21)20-16-7-5-4-6-13(16)2/h8-11,13,16H,3-7,12H2,1-2H3,(H,19,22)(H,20,21)/t13-,16-/m1/s1. The summed E-state index contributed by atoms with van der Waals surface area (Å²) in [6.07, 6.45) is 4.58. The van der Waals surface area contributed by atoms with Crippen LogP contribution in [0.25, 0.3) is 0 Å². The van der Waals surface area contributed by atoms with Gasteiger partial charge in [-0.3, -0.25) is 9.59 Å². The molecule has 0 bridgehead atoms. The van der Waals surface area contributed by atoms with Gasteiger partial charge >= 0.3 is 0 Å². The van der Waals surface area contributed by atoms with Crippen molar-refractivity contribution in [3.63, 3.8) is 0 Å². The number of carbonyl (C=O) groups is 2. The van der Waals surface area contributed by atoms with Gasteiger partial charge in [-0.1, -0.05) is 19.8 Å². The molecule has 0 radical (unpaired) electrons. The van der Waals surface area contributed by atoms with Gasteiger partial charge in [0.05, 0.1) is 13.2 Å². The Kier molecular flexibility index (Phi) is 6.44. The fourth-order valence-corrected chi connectivity index (χ4v) is 2.92. The Labute approximate surface area is 137 Å². The first-order chi connectivity index (χ1) is 11.1. The molecule has 0 spiro atoms. The summed E-state index contributed by atoms with van der Waals surface area (Å²) in [6.45, 7) is 4.68. The maximum atomic E-state index is 12.0. The molecular formula is C18H26N2O3. The molecule has 0 aliphatic heterocycles. The van der Waals surface area contributed by atoms with E-state index in [0.29, 0.717) is 18.1 Å². The Morgan fingerprint density at radius 1 is 1.17 bits per heavy atom. The van der Waals surface area contributed by atoms with Crippen LogP contribution in [0, 0.1) is 5.92 Å². The summed E-state index contributed by atoms with van der Waals surface area (Å²) in [5.74, 6) is 0.866. The van der Waals surface area contributed by atoms with E-state index < -0.39 is 0 Å². The topological polar surface area (TPSA) is 67.4 Å². The lowest BCUT2D eigenvalue weighted by atomic mass is 9.86. The van der Waals surface area contributed by atoms with Crippen molar-refractivity contribution >= 4 is 11.8 Å². The molecule has 126 valence electrons. The summed E-state index contributed by atoms with van der Waals surface area (Å²) in [6, 6.07) is 7.13. The molecule has 0 saturated heterocycles. The van der Waals surface area contributed by atoms with E-state index >= 15 is 0 Å². The second-order valence-electron chi connectivity index (χ2n) is 6.08. The minimum absolute atomic E-state index is 0.00919. The molecule has 2 atom stereocenters. The van der Waals surface area contributed by atoms with E-state index in [9.17, 15) is 9.59 Å². The second-order valence-corrected chi connectivity index (χ2v) is 6.08. The average molecular weight is 318 g/mol. The summed E-state index contributed by atoms with van der Waals surface area (Å²) >= 11 is 0. The molecule has 2 amide bonds. The van der Waals surface area contributed by atoms with Gasteiger partial charge in [-0.15, -0.1) is 0 Å². The van der Waals surface area contributed by atoms with Crippen molar-refractivity contribution in [3.8, 4) is 5.75 Å². The first-order valence-electron chi connectivity index (χ1n) is 8.40. The molecule has 5 heteroatoms. The van der Waals surface area contributed by atoms with Gasteiger partial charge in [-0.05, 0) is 49.9 Å². The number of ether oxygens (including phenoxy) is 1. The first-order valence-corrected chi connectivity index (χ1v) is 8.40. The van der Waals surface area contributed by atoms with Crippen LogP contribution in [0.5, 0.6) is 5.75 Å². The molecule has 0 unspecified atom stereocenters. The predicted octanol–water partition coefficient (Wildman–Crippen LogP) is 2.51. The van der Waals surface area contributed by atoms with Crippen molar-refractivity contribution in [2.24, 2.45) is 5.92 Å². The van der Waals surface area contributed by atoms with E-state index in [1.807, 2.05) is 6.92 Å². The van der Waals surface area contributed by atoms with Crippen LogP contribution in [0.3, 0.4) is 0 Å². The smallest absolute Gasteiger partial charge is 0.251 e. The van der Waals surface area contributed by atoms with Crippen molar-refractivity contribution in [1.82, 2.24) is 10.6 Å². The molecule has 23 heavy (non-hydrogen) atoms. The van der Waals surface area contributed by atoms with Crippen LogP contribution < -0.4 is 15.4 Å². The highest BCUT2D eigenvalue weighted by atomic mass is 16.5. The zero-order chi connectivity index (χ0) is 16.7. The highest BCUT2D eigenvalue weighted by Crippen LogP contribution is 2.23. The van der Waals surface area contributed by atoms with Gasteiger partial charge in [0.15, 0.2) is 0 Å². The van der Waals surface area contributed by atoms with Gasteiger partial charge in [0.25, 0.3) is 5.91 Å². The molecule has 1 fully saturated rings. The van der Waals surface area contributed by atoms with Crippen LogP contribution >= 0.6 is 0 Å². The van der Waals surface area contributed by atoms with Gasteiger partial charge in [0.1, 0.15) is 5.75 Å². The monoisotopic (exact) mass is 318 g/mol. The molecule has 1 aliphatic carbocycles. The number of amides is 2. The third-order valence-corrected chi connectivity index (χ3v) is 4.29. The van der Waals surface area contributed by atoms with Gasteiger partial charge in [0.2, 0.25) is 5.91 Å². The Hall–Kier alpha value is -2.04. The Morgan fingerprint density at radius 3 is 2.52 bits per heavy atom. The molecule has 5 nitrogen and oxygen atoms in total. The molecule has 0 heterocycles. The number of hydrogen-bond donors (Lipinski definition) is 2. The number of nitrogens with one attached hydrogen (secondary N) is 2. The Bertz CT molecular complexity index is 528. The summed E-state index contributed by atoms with van der Waals surface area (Å²) in [5.41, 5.74) is 0.521. The molecule has 1 aromatic carbocycles. The average Bonchev–Trinajstić information content (AvgIpc) is 2.56. The van der Waals surface area contributed by atoms with Crippen LogP contribution in [0.2, 0.25) is 0 Å². The minimum atomic E-state index is -0.250. The third kappa shape index (κ3) is 5.27. The fraction of sp³-hybridized carbons (Fsp3) is 0.556. The Balaban J connectivity index is 1.77. The summed E-state index contributed by atoms with van der Waals surface area (Å²) in [5, 5.41) is 5.69. The van der Waals surface area contributed by atoms with Gasteiger partial charge in [-0.2, -0.15) is 0 Å². The van der Waals surface area contributed by atoms with Crippen LogP contribution in [-0.4, -0.2) is 31.0 Å². The minimum Gasteiger partial charge on any atom is -0.494 e. The van der Waals surface area contributed by atoms with E-state index in [1.54, 1.807) is 24.3 Å². The maximum Gasteiger partial charge on any atom is 0.251 e. The lowest BCUT2D eigenvalue weighted by molar-refractivity contribution is -0.121. The number of rotatable bonds is 6. The third-order valence-electron chi connectivity index (χ3n) is 4.29.